The van der Waals surface area contributed by atoms with E-state index in [1.165, 1.54) is 0 Å². The summed E-state index contributed by atoms with van der Waals surface area (Å²) in [5.41, 5.74) is 0.622. The highest BCUT2D eigenvalue weighted by Gasteiger charge is 2.14. The fraction of sp³-hybridized carbons (Fsp3) is 0.500. The normalized spacial score (nSPS) is 15.0. The van der Waals surface area contributed by atoms with Crippen molar-refractivity contribution in [3.05, 3.63) is 24.3 Å². The Balaban J connectivity index is 1.71. The SMILES string of the molecule is O=C(O)CCNC(=O)Nc1ccc(OCC2CCOCC2)cc1. The Labute approximate surface area is 135 Å². The van der Waals surface area contributed by atoms with Gasteiger partial charge in [-0.05, 0) is 43.0 Å². The van der Waals surface area contributed by atoms with Crippen LogP contribution < -0.4 is 15.4 Å². The molecule has 0 aromatic heterocycles. The zero-order valence-electron chi connectivity index (χ0n) is 12.9. The van der Waals surface area contributed by atoms with Crippen molar-refractivity contribution in [3.63, 3.8) is 0 Å². The van der Waals surface area contributed by atoms with Gasteiger partial charge in [0.05, 0.1) is 13.0 Å². The number of carbonyl (C=O) groups excluding carboxylic acids is 1. The molecule has 1 aliphatic heterocycles. The van der Waals surface area contributed by atoms with Gasteiger partial charge >= 0.3 is 12.0 Å². The van der Waals surface area contributed by atoms with Crippen LogP contribution in [0.15, 0.2) is 24.3 Å². The van der Waals surface area contributed by atoms with Gasteiger partial charge in [-0.15, -0.1) is 0 Å². The number of hydrogen-bond acceptors (Lipinski definition) is 4. The second-order valence-corrected chi connectivity index (χ2v) is 5.42. The zero-order chi connectivity index (χ0) is 16.5. The molecule has 126 valence electrons. The van der Waals surface area contributed by atoms with Crippen molar-refractivity contribution in [1.82, 2.24) is 5.32 Å². The molecule has 1 saturated heterocycles. The Bertz CT molecular complexity index is 512. The first-order valence-electron chi connectivity index (χ1n) is 7.71. The van der Waals surface area contributed by atoms with Crippen molar-refractivity contribution in [1.29, 1.82) is 0 Å². The molecule has 0 aliphatic carbocycles. The molecule has 7 nitrogen and oxygen atoms in total. The average molecular weight is 322 g/mol. The first-order valence-corrected chi connectivity index (χ1v) is 7.71. The number of nitrogens with one attached hydrogen (secondary N) is 2. The van der Waals surface area contributed by atoms with Gasteiger partial charge in [-0.25, -0.2) is 4.79 Å². The van der Waals surface area contributed by atoms with Gasteiger partial charge in [0.15, 0.2) is 0 Å². The molecule has 1 fully saturated rings. The summed E-state index contributed by atoms with van der Waals surface area (Å²) in [7, 11) is 0. The molecule has 0 atom stereocenters. The van der Waals surface area contributed by atoms with E-state index in [1.807, 2.05) is 0 Å². The van der Waals surface area contributed by atoms with Crippen LogP contribution in [0.3, 0.4) is 0 Å². The summed E-state index contributed by atoms with van der Waals surface area (Å²) in [6.07, 6.45) is 1.94. The molecule has 1 aliphatic rings. The molecule has 0 unspecified atom stereocenters. The number of rotatable bonds is 7. The summed E-state index contributed by atoms with van der Waals surface area (Å²) in [6, 6.07) is 6.66. The Morgan fingerprint density at radius 1 is 1.22 bits per heavy atom. The third-order valence-electron chi connectivity index (χ3n) is 3.56. The number of urea groups is 1. The predicted molar refractivity (Wildman–Crippen MR) is 84.8 cm³/mol. The van der Waals surface area contributed by atoms with Crippen LogP contribution in [0.2, 0.25) is 0 Å². The van der Waals surface area contributed by atoms with Crippen LogP contribution in [0.25, 0.3) is 0 Å². The highest BCUT2D eigenvalue weighted by Crippen LogP contribution is 2.19. The molecule has 3 N–H and O–H groups in total. The van der Waals surface area contributed by atoms with E-state index in [0.717, 1.165) is 31.8 Å². The van der Waals surface area contributed by atoms with Crippen molar-refractivity contribution >= 4 is 17.7 Å². The van der Waals surface area contributed by atoms with Gasteiger partial charge in [-0.1, -0.05) is 0 Å². The fourth-order valence-electron chi connectivity index (χ4n) is 2.22. The molecule has 2 rings (SSSR count). The Morgan fingerprint density at radius 3 is 2.57 bits per heavy atom. The zero-order valence-corrected chi connectivity index (χ0v) is 12.9. The number of aliphatic carboxylic acids is 1. The Kier molecular flexibility index (Phi) is 6.68. The summed E-state index contributed by atoms with van der Waals surface area (Å²) in [4.78, 5) is 21.9. The highest BCUT2D eigenvalue weighted by molar-refractivity contribution is 5.89. The van der Waals surface area contributed by atoms with Gasteiger partial charge in [-0.2, -0.15) is 0 Å². The minimum absolute atomic E-state index is 0.0907. The van der Waals surface area contributed by atoms with Crippen LogP contribution in [0, 0.1) is 5.92 Å². The monoisotopic (exact) mass is 322 g/mol. The molecule has 1 aromatic rings. The summed E-state index contributed by atoms with van der Waals surface area (Å²) in [5.74, 6) is 0.339. The molecule has 0 bridgehead atoms. The maximum atomic E-state index is 11.6. The third-order valence-corrected chi connectivity index (χ3v) is 3.56. The van der Waals surface area contributed by atoms with Crippen LogP contribution >= 0.6 is 0 Å². The second kappa shape index (κ2) is 8.99. The number of hydrogen-bond donors (Lipinski definition) is 3. The van der Waals surface area contributed by atoms with E-state index in [4.69, 9.17) is 14.6 Å². The van der Waals surface area contributed by atoms with Crippen LogP contribution in [-0.4, -0.2) is 43.5 Å². The van der Waals surface area contributed by atoms with Gasteiger partial charge in [-0.3, -0.25) is 4.79 Å². The quantitative estimate of drug-likeness (QED) is 0.714. The number of carboxylic acids is 1. The largest absolute Gasteiger partial charge is 0.493 e. The van der Waals surface area contributed by atoms with Crippen molar-refractivity contribution in [3.8, 4) is 5.75 Å². The molecule has 0 spiro atoms. The minimum Gasteiger partial charge on any atom is -0.493 e. The molecule has 23 heavy (non-hydrogen) atoms. The summed E-state index contributed by atoms with van der Waals surface area (Å²) < 4.78 is 11.1. The van der Waals surface area contributed by atoms with Crippen molar-refractivity contribution in [2.75, 3.05) is 31.7 Å². The molecule has 7 heteroatoms. The maximum Gasteiger partial charge on any atom is 0.319 e. The molecule has 1 aromatic carbocycles. The van der Waals surface area contributed by atoms with Crippen molar-refractivity contribution in [2.45, 2.75) is 19.3 Å². The number of carbonyl (C=O) groups is 2. The number of ether oxygens (including phenoxy) is 2. The van der Waals surface area contributed by atoms with Gasteiger partial charge in [0.2, 0.25) is 0 Å². The minimum atomic E-state index is -0.948. The van der Waals surface area contributed by atoms with Crippen LogP contribution in [0.5, 0.6) is 5.75 Å². The summed E-state index contributed by atoms with van der Waals surface area (Å²) >= 11 is 0. The van der Waals surface area contributed by atoms with Crippen LogP contribution in [0.4, 0.5) is 10.5 Å². The van der Waals surface area contributed by atoms with E-state index < -0.39 is 12.0 Å². The highest BCUT2D eigenvalue weighted by atomic mass is 16.5. The molecule has 0 radical (unpaired) electrons. The first kappa shape index (κ1) is 17.1. The van der Waals surface area contributed by atoms with Gasteiger partial charge in [0.1, 0.15) is 5.75 Å². The average Bonchev–Trinajstić information content (AvgIpc) is 2.55. The second-order valence-electron chi connectivity index (χ2n) is 5.42. The van der Waals surface area contributed by atoms with E-state index in [-0.39, 0.29) is 13.0 Å². The lowest BCUT2D eigenvalue weighted by molar-refractivity contribution is -0.136. The summed E-state index contributed by atoms with van der Waals surface area (Å²) in [5, 5.41) is 13.6. The smallest absolute Gasteiger partial charge is 0.319 e. The molecule has 0 saturated carbocycles. The van der Waals surface area contributed by atoms with E-state index in [9.17, 15) is 9.59 Å². The Morgan fingerprint density at radius 2 is 1.91 bits per heavy atom. The van der Waals surface area contributed by atoms with E-state index >= 15 is 0 Å². The number of benzene rings is 1. The lowest BCUT2D eigenvalue weighted by Crippen LogP contribution is -2.30. The summed E-state index contributed by atoms with van der Waals surface area (Å²) in [6.45, 7) is 2.36. The van der Waals surface area contributed by atoms with E-state index in [2.05, 4.69) is 10.6 Å². The van der Waals surface area contributed by atoms with Gasteiger partial charge < -0.3 is 25.2 Å². The molecular formula is C16H22N2O5. The standard InChI is InChI=1S/C16H22N2O5/c19-15(20)5-8-17-16(21)18-13-1-3-14(4-2-13)23-11-12-6-9-22-10-7-12/h1-4,12H,5-11H2,(H,19,20)(H2,17,18,21). The molecule has 1 heterocycles. The van der Waals surface area contributed by atoms with E-state index in [0.29, 0.717) is 18.2 Å². The van der Waals surface area contributed by atoms with Gasteiger partial charge in [0.25, 0.3) is 0 Å². The lowest BCUT2D eigenvalue weighted by Gasteiger charge is -2.22. The molecular weight excluding hydrogens is 300 g/mol. The fourth-order valence-corrected chi connectivity index (χ4v) is 2.22. The van der Waals surface area contributed by atoms with Crippen molar-refractivity contribution in [2.24, 2.45) is 5.92 Å². The number of carboxylic acid groups (broad SMARTS) is 1. The van der Waals surface area contributed by atoms with Crippen molar-refractivity contribution < 1.29 is 24.2 Å². The number of amides is 2. The first-order chi connectivity index (χ1) is 11.1. The predicted octanol–water partition coefficient (Wildman–Crippen LogP) is 2.09. The van der Waals surface area contributed by atoms with E-state index in [1.54, 1.807) is 24.3 Å². The van der Waals surface area contributed by atoms with Crippen LogP contribution in [0.1, 0.15) is 19.3 Å². The molecule has 2 amide bonds. The van der Waals surface area contributed by atoms with Crippen LogP contribution in [-0.2, 0) is 9.53 Å². The topological polar surface area (TPSA) is 96.9 Å². The van der Waals surface area contributed by atoms with Gasteiger partial charge in [0, 0.05) is 25.4 Å². The Hall–Kier alpha value is -2.28. The maximum absolute atomic E-state index is 11.6. The number of anilines is 1. The third kappa shape index (κ3) is 6.56. The lowest BCUT2D eigenvalue weighted by atomic mass is 10.0.